The zero-order valence-electron chi connectivity index (χ0n) is 12.8. The van der Waals surface area contributed by atoms with Crippen molar-refractivity contribution in [1.82, 2.24) is 4.90 Å². The van der Waals surface area contributed by atoms with Crippen LogP contribution in [-0.4, -0.2) is 35.0 Å². The summed E-state index contributed by atoms with van der Waals surface area (Å²) in [5, 5.41) is 11.4. The lowest BCUT2D eigenvalue weighted by Gasteiger charge is -2.18. The van der Waals surface area contributed by atoms with Gasteiger partial charge in [-0.25, -0.2) is 0 Å². The summed E-state index contributed by atoms with van der Waals surface area (Å²) in [6.07, 6.45) is 0.613. The van der Waals surface area contributed by atoms with Crippen LogP contribution < -0.4 is 5.32 Å². The second kappa shape index (κ2) is 9.13. The van der Waals surface area contributed by atoms with Crippen molar-refractivity contribution in [2.75, 3.05) is 18.4 Å². The minimum Gasteiger partial charge on any atom is -0.481 e. The number of amides is 1. The summed E-state index contributed by atoms with van der Waals surface area (Å²) in [7, 11) is 0. The van der Waals surface area contributed by atoms with Crippen molar-refractivity contribution in [1.29, 1.82) is 0 Å². The van der Waals surface area contributed by atoms with Crippen molar-refractivity contribution in [3.63, 3.8) is 0 Å². The summed E-state index contributed by atoms with van der Waals surface area (Å²) >= 11 is 0. The Bertz CT molecular complexity index is 470. The molecule has 116 valence electrons. The van der Waals surface area contributed by atoms with E-state index in [-0.39, 0.29) is 18.7 Å². The molecule has 5 nitrogen and oxygen atoms in total. The summed E-state index contributed by atoms with van der Waals surface area (Å²) in [6, 6.07) is 7.78. The fraction of sp³-hybridized carbons (Fsp3) is 0.500. The van der Waals surface area contributed by atoms with Gasteiger partial charge in [-0.2, -0.15) is 0 Å². The first-order valence-electron chi connectivity index (χ1n) is 7.38. The molecule has 0 aliphatic rings. The van der Waals surface area contributed by atoms with E-state index in [1.54, 1.807) is 0 Å². The molecule has 2 N–H and O–H groups in total. The predicted molar refractivity (Wildman–Crippen MR) is 83.2 cm³/mol. The molecule has 0 saturated heterocycles. The monoisotopic (exact) mass is 292 g/mol. The average Bonchev–Trinajstić information content (AvgIpc) is 2.44. The van der Waals surface area contributed by atoms with Crippen LogP contribution >= 0.6 is 0 Å². The lowest BCUT2D eigenvalue weighted by molar-refractivity contribution is -0.137. The lowest BCUT2D eigenvalue weighted by Crippen LogP contribution is -2.22. The van der Waals surface area contributed by atoms with Crippen LogP contribution in [0.2, 0.25) is 0 Å². The number of carboxylic acids is 1. The van der Waals surface area contributed by atoms with Crippen molar-refractivity contribution in [2.45, 2.75) is 39.7 Å². The molecular formula is C16H24N2O3. The van der Waals surface area contributed by atoms with E-state index in [1.165, 1.54) is 0 Å². The first kappa shape index (κ1) is 17.2. The van der Waals surface area contributed by atoms with Gasteiger partial charge in [-0.3, -0.25) is 14.5 Å². The Balaban J connectivity index is 2.51. The van der Waals surface area contributed by atoms with Crippen LogP contribution in [0.4, 0.5) is 5.69 Å². The number of carboxylic acid groups (broad SMARTS) is 1. The number of hydrogen-bond acceptors (Lipinski definition) is 3. The van der Waals surface area contributed by atoms with Gasteiger partial charge in [0.2, 0.25) is 5.91 Å². The van der Waals surface area contributed by atoms with Crippen molar-refractivity contribution in [2.24, 2.45) is 0 Å². The molecule has 1 aromatic carbocycles. The number of rotatable bonds is 9. The van der Waals surface area contributed by atoms with Crippen molar-refractivity contribution in [3.05, 3.63) is 29.8 Å². The second-order valence-electron chi connectivity index (χ2n) is 4.96. The molecule has 0 radical (unpaired) electrons. The Labute approximate surface area is 126 Å². The Morgan fingerprint density at radius 2 is 1.90 bits per heavy atom. The van der Waals surface area contributed by atoms with E-state index in [0.717, 1.165) is 30.9 Å². The maximum absolute atomic E-state index is 11.7. The topological polar surface area (TPSA) is 69.6 Å². The number of hydrogen-bond donors (Lipinski definition) is 2. The largest absolute Gasteiger partial charge is 0.481 e. The van der Waals surface area contributed by atoms with Crippen LogP contribution in [0, 0.1) is 0 Å². The Morgan fingerprint density at radius 3 is 2.52 bits per heavy atom. The molecular weight excluding hydrogens is 268 g/mol. The highest BCUT2D eigenvalue weighted by Crippen LogP contribution is 2.13. The third-order valence-corrected chi connectivity index (χ3v) is 3.31. The smallest absolute Gasteiger partial charge is 0.303 e. The van der Waals surface area contributed by atoms with E-state index < -0.39 is 5.97 Å². The Kier molecular flexibility index (Phi) is 7.46. The normalized spacial score (nSPS) is 10.6. The Hall–Kier alpha value is -1.88. The van der Waals surface area contributed by atoms with E-state index in [9.17, 15) is 9.59 Å². The molecule has 1 aromatic rings. The summed E-state index contributed by atoms with van der Waals surface area (Å²) in [5.74, 6) is -1.01. The number of nitrogens with one attached hydrogen (secondary N) is 1. The fourth-order valence-electron chi connectivity index (χ4n) is 2.08. The van der Waals surface area contributed by atoms with E-state index in [2.05, 4.69) is 24.1 Å². The van der Waals surface area contributed by atoms with Gasteiger partial charge in [-0.15, -0.1) is 0 Å². The zero-order valence-corrected chi connectivity index (χ0v) is 12.8. The van der Waals surface area contributed by atoms with Crippen LogP contribution in [0.1, 0.15) is 38.7 Å². The molecule has 0 saturated carbocycles. The highest BCUT2D eigenvalue weighted by molar-refractivity contribution is 5.90. The molecule has 5 heteroatoms. The maximum atomic E-state index is 11.7. The summed E-state index contributed by atoms with van der Waals surface area (Å²) in [5.41, 5.74) is 1.92. The standard InChI is InChI=1S/C16H24N2O3/c1-3-18(4-2)12-13-7-5-8-14(11-13)17-15(19)9-6-10-16(20)21/h5,7-8,11H,3-4,6,9-10,12H2,1-2H3,(H,17,19)(H,20,21). The zero-order chi connectivity index (χ0) is 15.7. The molecule has 0 fully saturated rings. The van der Waals surface area contributed by atoms with Gasteiger partial charge in [-0.05, 0) is 37.2 Å². The first-order valence-corrected chi connectivity index (χ1v) is 7.38. The van der Waals surface area contributed by atoms with Crippen molar-refractivity contribution in [3.8, 4) is 0 Å². The van der Waals surface area contributed by atoms with Gasteiger partial charge in [0, 0.05) is 25.1 Å². The second-order valence-corrected chi connectivity index (χ2v) is 4.96. The van der Waals surface area contributed by atoms with E-state index in [1.807, 2.05) is 24.3 Å². The van der Waals surface area contributed by atoms with Crippen LogP contribution in [0.5, 0.6) is 0 Å². The third kappa shape index (κ3) is 6.90. The van der Waals surface area contributed by atoms with Gasteiger partial charge in [0.25, 0.3) is 0 Å². The predicted octanol–water partition coefficient (Wildman–Crippen LogP) is 2.72. The molecule has 0 unspecified atom stereocenters. The first-order chi connectivity index (χ1) is 10.0. The highest BCUT2D eigenvalue weighted by atomic mass is 16.4. The number of carbonyl (C=O) groups excluding carboxylic acids is 1. The van der Waals surface area contributed by atoms with Crippen molar-refractivity contribution < 1.29 is 14.7 Å². The molecule has 1 amide bonds. The highest BCUT2D eigenvalue weighted by Gasteiger charge is 2.06. The van der Waals surface area contributed by atoms with Gasteiger partial charge in [-0.1, -0.05) is 26.0 Å². The third-order valence-electron chi connectivity index (χ3n) is 3.31. The molecule has 0 heterocycles. The summed E-state index contributed by atoms with van der Waals surface area (Å²) < 4.78 is 0. The van der Waals surface area contributed by atoms with Gasteiger partial charge < -0.3 is 10.4 Å². The minimum absolute atomic E-state index is 0.0232. The van der Waals surface area contributed by atoms with Gasteiger partial charge in [0.1, 0.15) is 0 Å². The SMILES string of the molecule is CCN(CC)Cc1cccc(NC(=O)CCCC(=O)O)c1. The number of carbonyl (C=O) groups is 2. The van der Waals surface area contributed by atoms with E-state index >= 15 is 0 Å². The number of nitrogens with zero attached hydrogens (tertiary/aromatic N) is 1. The molecule has 0 aromatic heterocycles. The average molecular weight is 292 g/mol. The van der Waals surface area contributed by atoms with Gasteiger partial charge in [0.15, 0.2) is 0 Å². The fourth-order valence-corrected chi connectivity index (χ4v) is 2.08. The summed E-state index contributed by atoms with van der Waals surface area (Å²) in [4.78, 5) is 24.4. The van der Waals surface area contributed by atoms with E-state index in [4.69, 9.17) is 5.11 Å². The van der Waals surface area contributed by atoms with Crippen LogP contribution in [-0.2, 0) is 16.1 Å². The minimum atomic E-state index is -0.871. The molecule has 0 atom stereocenters. The van der Waals surface area contributed by atoms with Crippen LogP contribution in [0.3, 0.4) is 0 Å². The van der Waals surface area contributed by atoms with Gasteiger partial charge in [0.05, 0.1) is 0 Å². The molecule has 1 rings (SSSR count). The molecule has 0 aliphatic heterocycles. The molecule has 0 bridgehead atoms. The maximum Gasteiger partial charge on any atom is 0.303 e. The van der Waals surface area contributed by atoms with Gasteiger partial charge >= 0.3 is 5.97 Å². The van der Waals surface area contributed by atoms with Crippen LogP contribution in [0.25, 0.3) is 0 Å². The summed E-state index contributed by atoms with van der Waals surface area (Å²) in [6.45, 7) is 7.08. The number of aliphatic carboxylic acids is 1. The quantitative estimate of drug-likeness (QED) is 0.734. The van der Waals surface area contributed by atoms with E-state index in [0.29, 0.717) is 6.42 Å². The van der Waals surface area contributed by atoms with Crippen LogP contribution in [0.15, 0.2) is 24.3 Å². The molecule has 0 spiro atoms. The number of benzene rings is 1. The number of anilines is 1. The Morgan fingerprint density at radius 1 is 1.19 bits per heavy atom. The molecule has 0 aliphatic carbocycles. The van der Waals surface area contributed by atoms with Crippen molar-refractivity contribution >= 4 is 17.6 Å². The molecule has 21 heavy (non-hydrogen) atoms. The lowest BCUT2D eigenvalue weighted by atomic mass is 10.1.